The van der Waals surface area contributed by atoms with E-state index in [4.69, 9.17) is 4.74 Å². The molecule has 2 N–H and O–H groups in total. The number of nitriles is 1. The number of hydrogen-bond acceptors (Lipinski definition) is 7. The van der Waals surface area contributed by atoms with Crippen LogP contribution in [-0.4, -0.2) is 64.3 Å². The molecule has 0 aromatic heterocycles. The molecule has 198 valence electrons. The van der Waals surface area contributed by atoms with Gasteiger partial charge in [-0.3, -0.25) is 24.6 Å². The Kier molecular flexibility index (Phi) is 6.23. The number of dihydropyridines is 1. The standard InChI is InChI=1S/C29H33N5O4/c1-29(17-30)13-18(10-11-31-29)20-14-33(15-20)23-4-2-3-5-25(23)38-21-6-7-22-19(12-21)16-34(28(22)37)24-8-9-26(35)32-27(24)36/h6-7,10-13,20,23-25,31H,2-5,8-9,14-16H2,1H3,(H,32,35,36)/t23-,24?,25-,29?/m1/s1. The lowest BCUT2D eigenvalue weighted by Gasteiger charge is -2.49. The average Bonchev–Trinajstić information content (AvgIpc) is 3.19. The number of carbonyl (C=O) groups excluding carboxylic acids is 3. The first-order valence-electron chi connectivity index (χ1n) is 13.6. The van der Waals surface area contributed by atoms with Crippen LogP contribution in [0.15, 0.2) is 42.1 Å². The van der Waals surface area contributed by atoms with E-state index < -0.39 is 17.5 Å². The fourth-order valence-electron chi connectivity index (χ4n) is 6.48. The second kappa shape index (κ2) is 9.59. The Hall–Kier alpha value is -3.64. The van der Waals surface area contributed by atoms with E-state index in [2.05, 4.69) is 27.7 Å². The topological polar surface area (TPSA) is 115 Å². The molecule has 5 aliphatic rings. The van der Waals surface area contributed by atoms with Gasteiger partial charge in [-0.15, -0.1) is 0 Å². The van der Waals surface area contributed by atoms with Crippen molar-refractivity contribution < 1.29 is 19.1 Å². The van der Waals surface area contributed by atoms with E-state index in [1.807, 2.05) is 31.3 Å². The summed E-state index contributed by atoms with van der Waals surface area (Å²) in [5.41, 5.74) is 2.03. The summed E-state index contributed by atoms with van der Waals surface area (Å²) in [7, 11) is 0. The first-order chi connectivity index (χ1) is 18.3. The Morgan fingerprint density at radius 3 is 2.74 bits per heavy atom. The molecule has 4 aliphatic heterocycles. The van der Waals surface area contributed by atoms with Crippen molar-refractivity contribution in [2.45, 2.75) is 75.7 Å². The average molecular weight is 516 g/mol. The number of ether oxygens (including phenoxy) is 1. The van der Waals surface area contributed by atoms with E-state index in [9.17, 15) is 19.6 Å². The Bertz CT molecular complexity index is 1280. The Morgan fingerprint density at radius 1 is 1.13 bits per heavy atom. The van der Waals surface area contributed by atoms with Gasteiger partial charge in [0.15, 0.2) is 0 Å². The van der Waals surface area contributed by atoms with Crippen molar-refractivity contribution in [3.8, 4) is 11.8 Å². The maximum Gasteiger partial charge on any atom is 0.255 e. The first kappa shape index (κ1) is 24.7. The van der Waals surface area contributed by atoms with Gasteiger partial charge in [0.2, 0.25) is 11.8 Å². The van der Waals surface area contributed by atoms with Crippen molar-refractivity contribution in [3.05, 3.63) is 53.3 Å². The molecular formula is C29H33N5O4. The second-order valence-electron chi connectivity index (χ2n) is 11.3. The minimum Gasteiger partial charge on any atom is -0.489 e. The molecule has 1 saturated carbocycles. The van der Waals surface area contributed by atoms with Crippen LogP contribution >= 0.6 is 0 Å². The maximum absolute atomic E-state index is 13.0. The van der Waals surface area contributed by atoms with E-state index in [0.29, 0.717) is 30.5 Å². The van der Waals surface area contributed by atoms with Crippen molar-refractivity contribution in [2.75, 3.05) is 13.1 Å². The molecule has 1 aromatic rings. The number of piperidine rings is 1. The van der Waals surface area contributed by atoms with Gasteiger partial charge in [-0.25, -0.2) is 0 Å². The van der Waals surface area contributed by atoms with Crippen LogP contribution in [0.4, 0.5) is 0 Å². The summed E-state index contributed by atoms with van der Waals surface area (Å²) in [6, 6.07) is 7.67. The van der Waals surface area contributed by atoms with Gasteiger partial charge in [0, 0.05) is 43.6 Å². The largest absolute Gasteiger partial charge is 0.489 e. The summed E-state index contributed by atoms with van der Waals surface area (Å²) in [6.45, 7) is 4.16. The zero-order valence-corrected chi connectivity index (χ0v) is 21.6. The molecule has 0 bridgehead atoms. The number of benzene rings is 1. The van der Waals surface area contributed by atoms with Gasteiger partial charge in [0.1, 0.15) is 23.4 Å². The predicted molar refractivity (Wildman–Crippen MR) is 139 cm³/mol. The normalized spacial score (nSPS) is 31.6. The van der Waals surface area contributed by atoms with Gasteiger partial charge in [-0.05, 0) is 80.3 Å². The van der Waals surface area contributed by atoms with Crippen LogP contribution in [-0.2, 0) is 16.1 Å². The minimum absolute atomic E-state index is 0.0769. The number of amides is 3. The van der Waals surface area contributed by atoms with Crippen LogP contribution in [0.25, 0.3) is 0 Å². The number of likely N-dealkylation sites (tertiary alicyclic amines) is 1. The molecule has 1 aliphatic carbocycles. The zero-order chi connectivity index (χ0) is 26.4. The highest BCUT2D eigenvalue weighted by Crippen LogP contribution is 2.36. The van der Waals surface area contributed by atoms with Crippen LogP contribution < -0.4 is 15.4 Å². The quantitative estimate of drug-likeness (QED) is 0.579. The molecule has 3 amide bonds. The number of nitrogens with zero attached hydrogens (tertiary/aromatic N) is 3. The predicted octanol–water partition coefficient (Wildman–Crippen LogP) is 2.39. The summed E-state index contributed by atoms with van der Waals surface area (Å²) < 4.78 is 6.56. The highest BCUT2D eigenvalue weighted by Gasteiger charge is 2.42. The molecule has 4 atom stereocenters. The van der Waals surface area contributed by atoms with Crippen molar-refractivity contribution >= 4 is 17.7 Å². The lowest BCUT2D eigenvalue weighted by Crippen LogP contribution is -2.58. The molecule has 2 unspecified atom stereocenters. The highest BCUT2D eigenvalue weighted by molar-refractivity contribution is 6.05. The number of carbonyl (C=O) groups is 3. The van der Waals surface area contributed by atoms with Crippen molar-refractivity contribution in [1.29, 1.82) is 5.26 Å². The summed E-state index contributed by atoms with van der Waals surface area (Å²) in [5.74, 6) is 0.324. The van der Waals surface area contributed by atoms with Crippen LogP contribution in [0.1, 0.15) is 61.4 Å². The smallest absolute Gasteiger partial charge is 0.255 e. The zero-order valence-electron chi connectivity index (χ0n) is 21.6. The summed E-state index contributed by atoms with van der Waals surface area (Å²) >= 11 is 0. The summed E-state index contributed by atoms with van der Waals surface area (Å²) in [5, 5.41) is 15.0. The molecule has 6 rings (SSSR count). The van der Waals surface area contributed by atoms with Gasteiger partial charge >= 0.3 is 0 Å². The third-order valence-electron chi connectivity index (χ3n) is 8.65. The molecule has 9 heteroatoms. The van der Waals surface area contributed by atoms with E-state index in [1.165, 1.54) is 12.0 Å². The number of rotatable bonds is 5. The number of fused-ring (bicyclic) bond motifs is 1. The van der Waals surface area contributed by atoms with E-state index in [0.717, 1.165) is 43.7 Å². The van der Waals surface area contributed by atoms with Crippen molar-refractivity contribution in [2.24, 2.45) is 5.92 Å². The maximum atomic E-state index is 13.0. The summed E-state index contributed by atoms with van der Waals surface area (Å²) in [6.07, 6.45) is 11.1. The lowest BCUT2D eigenvalue weighted by atomic mass is 9.82. The Morgan fingerprint density at radius 2 is 1.95 bits per heavy atom. The van der Waals surface area contributed by atoms with Crippen LogP contribution in [0, 0.1) is 17.2 Å². The lowest BCUT2D eigenvalue weighted by molar-refractivity contribution is -0.136. The van der Waals surface area contributed by atoms with Gasteiger partial charge in [-0.1, -0.05) is 6.42 Å². The number of allylic oxidation sites excluding steroid dienone is 1. The molecule has 9 nitrogen and oxygen atoms in total. The van der Waals surface area contributed by atoms with Crippen molar-refractivity contribution in [3.63, 3.8) is 0 Å². The molecule has 0 spiro atoms. The third kappa shape index (κ3) is 4.47. The second-order valence-corrected chi connectivity index (χ2v) is 11.3. The molecule has 0 radical (unpaired) electrons. The number of imide groups is 1. The fraction of sp³-hybridized carbons (Fsp3) is 0.517. The van der Waals surface area contributed by atoms with Gasteiger partial charge < -0.3 is 15.0 Å². The van der Waals surface area contributed by atoms with Gasteiger partial charge in [-0.2, -0.15) is 5.26 Å². The van der Waals surface area contributed by atoms with Gasteiger partial charge in [0.05, 0.1) is 6.07 Å². The third-order valence-corrected chi connectivity index (χ3v) is 8.65. The highest BCUT2D eigenvalue weighted by atomic mass is 16.5. The molecule has 3 fully saturated rings. The van der Waals surface area contributed by atoms with E-state index >= 15 is 0 Å². The van der Waals surface area contributed by atoms with Crippen LogP contribution in [0.3, 0.4) is 0 Å². The summed E-state index contributed by atoms with van der Waals surface area (Å²) in [4.78, 5) is 41.0. The molecule has 1 aromatic carbocycles. The molecule has 38 heavy (non-hydrogen) atoms. The SMILES string of the molecule is CC1(C#N)C=C(C2CN([C@@H]3CCCC[C@H]3Oc3ccc4c(c3)CN(C3CCC(=O)NC3=O)C4=O)C2)C=CN1. The number of hydrogen-bond donors (Lipinski definition) is 2. The van der Waals surface area contributed by atoms with E-state index in [-0.39, 0.29) is 24.3 Å². The Labute approximate surface area is 222 Å². The van der Waals surface area contributed by atoms with Crippen LogP contribution in [0.5, 0.6) is 5.75 Å². The van der Waals surface area contributed by atoms with Crippen molar-refractivity contribution in [1.82, 2.24) is 20.4 Å². The van der Waals surface area contributed by atoms with E-state index in [1.54, 1.807) is 11.0 Å². The minimum atomic E-state index is -0.649. The van der Waals surface area contributed by atoms with Crippen LogP contribution in [0.2, 0.25) is 0 Å². The van der Waals surface area contributed by atoms with Gasteiger partial charge in [0.25, 0.3) is 5.91 Å². The molecule has 4 heterocycles. The Balaban J connectivity index is 1.11. The number of nitrogens with one attached hydrogen (secondary N) is 2. The molecule has 2 saturated heterocycles. The molecular weight excluding hydrogens is 482 g/mol. The first-order valence-corrected chi connectivity index (χ1v) is 13.6. The fourth-order valence-corrected chi connectivity index (χ4v) is 6.48. The monoisotopic (exact) mass is 515 g/mol.